The maximum Gasteiger partial charge on any atom is 0.241 e. The molecule has 0 spiro atoms. The Kier molecular flexibility index (Phi) is 6.41. The van der Waals surface area contributed by atoms with Gasteiger partial charge in [-0.3, -0.25) is 15.1 Å². The molecule has 0 radical (unpaired) electrons. The Morgan fingerprint density at radius 1 is 1.12 bits per heavy atom. The Balaban J connectivity index is 1.55. The van der Waals surface area contributed by atoms with Crippen LogP contribution in [0.3, 0.4) is 0 Å². The summed E-state index contributed by atoms with van der Waals surface area (Å²) < 4.78 is 1.78. The quantitative estimate of drug-likeness (QED) is 0.204. The molecule has 3 aromatic rings. The molecule has 1 fully saturated rings. The lowest BCUT2D eigenvalue weighted by atomic mass is 10.1. The molecule has 9 heteroatoms. The average molecular weight is 445 g/mol. The number of primary amides is 1. The van der Waals surface area contributed by atoms with E-state index in [1.807, 2.05) is 54.6 Å². The molecule has 9 nitrogen and oxygen atoms in total. The molecule has 1 unspecified atom stereocenters. The minimum atomic E-state index is -0.456. The maximum absolute atomic E-state index is 10.9. The van der Waals surface area contributed by atoms with Gasteiger partial charge >= 0.3 is 0 Å². The summed E-state index contributed by atoms with van der Waals surface area (Å²) in [5, 5.41) is 16.2. The summed E-state index contributed by atoms with van der Waals surface area (Å²) in [6.07, 6.45) is 3.99. The van der Waals surface area contributed by atoms with Gasteiger partial charge in [-0.25, -0.2) is 4.68 Å². The van der Waals surface area contributed by atoms with Gasteiger partial charge < -0.3 is 22.5 Å². The molecule has 1 atom stereocenters. The first kappa shape index (κ1) is 22.1. The van der Waals surface area contributed by atoms with Crippen LogP contribution in [0.4, 0.5) is 17.2 Å². The molecule has 8 N–H and O–H groups in total. The van der Waals surface area contributed by atoms with Crippen LogP contribution in [-0.2, 0) is 4.79 Å². The molecular formula is C24H28N8O. The lowest BCUT2D eigenvalue weighted by Gasteiger charge is -2.15. The standard InChI is InChI=1S/C24H28N8O/c25-20(33)7-4-13-31-14-12-19(15-31)32-24(28)21(23(26)27)22(30-32)16-8-10-18(11-9-16)29-17-5-2-1-3-6-17/h1-11,19,29H,12-15,28H2,(H2,25,33)(H3,26,27)/b7-4+. The molecular weight excluding hydrogens is 416 g/mol. The predicted molar refractivity (Wildman–Crippen MR) is 131 cm³/mol. The number of aromatic nitrogens is 2. The zero-order valence-corrected chi connectivity index (χ0v) is 18.2. The summed E-state index contributed by atoms with van der Waals surface area (Å²) in [7, 11) is 0. The number of likely N-dealkylation sites (tertiary alicyclic amines) is 1. The van der Waals surface area contributed by atoms with Crippen molar-refractivity contribution in [3.63, 3.8) is 0 Å². The highest BCUT2D eigenvalue weighted by Crippen LogP contribution is 2.32. The van der Waals surface area contributed by atoms with Crippen molar-refractivity contribution in [2.45, 2.75) is 12.5 Å². The van der Waals surface area contributed by atoms with Crippen molar-refractivity contribution in [1.29, 1.82) is 5.41 Å². The van der Waals surface area contributed by atoms with E-state index in [9.17, 15) is 4.79 Å². The van der Waals surface area contributed by atoms with E-state index in [0.29, 0.717) is 23.6 Å². The van der Waals surface area contributed by atoms with Gasteiger partial charge in [0, 0.05) is 36.6 Å². The van der Waals surface area contributed by atoms with Crippen LogP contribution in [0.15, 0.2) is 66.7 Å². The Labute approximate surface area is 192 Å². The minimum absolute atomic E-state index is 0.0536. The SMILES string of the molecule is N=C(N)c1c(-c2ccc(Nc3ccccc3)cc2)nn(C2CCN(C/C=C/C(N)=O)C2)c1N. The minimum Gasteiger partial charge on any atom is -0.384 e. The van der Waals surface area contributed by atoms with Gasteiger partial charge in [0.1, 0.15) is 17.3 Å². The number of carbonyl (C=O) groups is 1. The molecule has 1 amide bonds. The molecule has 1 aromatic heterocycles. The predicted octanol–water partition coefficient (Wildman–Crippen LogP) is 2.45. The van der Waals surface area contributed by atoms with Crippen LogP contribution in [0.25, 0.3) is 11.3 Å². The van der Waals surface area contributed by atoms with Gasteiger partial charge in [-0.2, -0.15) is 5.10 Å². The molecule has 0 bridgehead atoms. The number of benzene rings is 2. The van der Waals surface area contributed by atoms with E-state index in [4.69, 9.17) is 27.7 Å². The van der Waals surface area contributed by atoms with E-state index in [-0.39, 0.29) is 11.9 Å². The molecule has 170 valence electrons. The third-order valence-electron chi connectivity index (χ3n) is 5.68. The monoisotopic (exact) mass is 444 g/mol. The summed E-state index contributed by atoms with van der Waals surface area (Å²) in [6, 6.07) is 17.8. The number of para-hydroxylation sites is 1. The third-order valence-corrected chi connectivity index (χ3v) is 5.68. The number of hydrogen-bond acceptors (Lipinski definition) is 6. The van der Waals surface area contributed by atoms with Crippen molar-refractivity contribution in [3.05, 3.63) is 72.3 Å². The van der Waals surface area contributed by atoms with Crippen LogP contribution in [0.2, 0.25) is 0 Å². The maximum atomic E-state index is 10.9. The average Bonchev–Trinajstić information content (AvgIpc) is 3.39. The zero-order valence-electron chi connectivity index (χ0n) is 18.2. The number of amides is 1. The van der Waals surface area contributed by atoms with E-state index in [1.54, 1.807) is 10.8 Å². The number of anilines is 3. The summed E-state index contributed by atoms with van der Waals surface area (Å²) in [6.45, 7) is 2.20. The molecule has 4 rings (SSSR count). The molecule has 2 aromatic carbocycles. The number of nitrogens with zero attached hydrogens (tertiary/aromatic N) is 3. The first-order valence-corrected chi connectivity index (χ1v) is 10.8. The molecule has 33 heavy (non-hydrogen) atoms. The number of amidine groups is 1. The molecule has 1 aliphatic rings. The smallest absolute Gasteiger partial charge is 0.241 e. The fraction of sp³-hybridized carbons (Fsp3) is 0.208. The van der Waals surface area contributed by atoms with Gasteiger partial charge in [-0.1, -0.05) is 36.4 Å². The number of nitrogen functional groups attached to an aromatic ring is 2. The van der Waals surface area contributed by atoms with Gasteiger partial charge in [0.05, 0.1) is 11.6 Å². The number of nitrogens with two attached hydrogens (primary N) is 3. The zero-order chi connectivity index (χ0) is 23.4. The van der Waals surface area contributed by atoms with E-state index in [2.05, 4.69) is 10.2 Å². The third kappa shape index (κ3) is 5.04. The number of carbonyl (C=O) groups excluding carboxylic acids is 1. The first-order valence-electron chi connectivity index (χ1n) is 10.8. The topological polar surface area (TPSA) is 152 Å². The first-order chi connectivity index (χ1) is 15.9. The largest absolute Gasteiger partial charge is 0.384 e. The summed E-state index contributed by atoms with van der Waals surface area (Å²) >= 11 is 0. The van der Waals surface area contributed by atoms with Crippen molar-refractivity contribution in [3.8, 4) is 11.3 Å². The van der Waals surface area contributed by atoms with Gasteiger partial charge in [-0.05, 0) is 36.8 Å². The second-order valence-electron chi connectivity index (χ2n) is 8.04. The second kappa shape index (κ2) is 9.58. The highest BCUT2D eigenvalue weighted by atomic mass is 16.1. The van der Waals surface area contributed by atoms with Crippen molar-refractivity contribution >= 4 is 28.9 Å². The van der Waals surface area contributed by atoms with Gasteiger partial charge in [0.25, 0.3) is 0 Å². The summed E-state index contributed by atoms with van der Waals surface area (Å²) in [5.41, 5.74) is 21.3. The Bertz CT molecular complexity index is 1170. The van der Waals surface area contributed by atoms with E-state index < -0.39 is 5.91 Å². The number of hydrogen-bond donors (Lipinski definition) is 5. The van der Waals surface area contributed by atoms with Gasteiger partial charge in [0.15, 0.2) is 0 Å². The van der Waals surface area contributed by atoms with Crippen molar-refractivity contribution < 1.29 is 4.79 Å². The Hall–Kier alpha value is -4.11. The fourth-order valence-corrected chi connectivity index (χ4v) is 4.09. The van der Waals surface area contributed by atoms with E-state index in [1.165, 1.54) is 6.08 Å². The summed E-state index contributed by atoms with van der Waals surface area (Å²) in [5.74, 6) is -0.175. The molecule has 1 aliphatic heterocycles. The van der Waals surface area contributed by atoms with Crippen LogP contribution >= 0.6 is 0 Å². The molecule has 2 heterocycles. The second-order valence-corrected chi connectivity index (χ2v) is 8.04. The fourth-order valence-electron chi connectivity index (χ4n) is 4.09. The summed E-state index contributed by atoms with van der Waals surface area (Å²) in [4.78, 5) is 13.1. The number of rotatable bonds is 8. The lowest BCUT2D eigenvalue weighted by Crippen LogP contribution is -2.23. The van der Waals surface area contributed by atoms with Crippen molar-refractivity contribution in [1.82, 2.24) is 14.7 Å². The normalized spacial score (nSPS) is 16.3. The van der Waals surface area contributed by atoms with Crippen LogP contribution in [0.1, 0.15) is 18.0 Å². The molecule has 1 saturated heterocycles. The lowest BCUT2D eigenvalue weighted by molar-refractivity contribution is -0.113. The van der Waals surface area contributed by atoms with Crippen LogP contribution < -0.4 is 22.5 Å². The number of nitrogens with one attached hydrogen (secondary N) is 2. The Morgan fingerprint density at radius 3 is 2.48 bits per heavy atom. The van der Waals surface area contributed by atoms with Gasteiger partial charge in [0.2, 0.25) is 5.91 Å². The van der Waals surface area contributed by atoms with Gasteiger partial charge in [-0.15, -0.1) is 0 Å². The van der Waals surface area contributed by atoms with Crippen LogP contribution in [-0.4, -0.2) is 46.1 Å². The van der Waals surface area contributed by atoms with Crippen LogP contribution in [0, 0.1) is 5.41 Å². The molecule has 0 aliphatic carbocycles. The van der Waals surface area contributed by atoms with E-state index in [0.717, 1.165) is 36.4 Å². The van der Waals surface area contributed by atoms with E-state index >= 15 is 0 Å². The van der Waals surface area contributed by atoms with Crippen molar-refractivity contribution in [2.24, 2.45) is 11.5 Å². The van der Waals surface area contributed by atoms with Crippen LogP contribution in [0.5, 0.6) is 0 Å². The molecule has 0 saturated carbocycles. The highest BCUT2D eigenvalue weighted by Gasteiger charge is 2.29. The highest BCUT2D eigenvalue weighted by molar-refractivity contribution is 6.04. The Morgan fingerprint density at radius 2 is 1.82 bits per heavy atom. The van der Waals surface area contributed by atoms with Crippen molar-refractivity contribution in [2.75, 3.05) is 30.7 Å².